The molecule has 0 spiro atoms. The van der Waals surface area contributed by atoms with Gasteiger partial charge in [-0.15, -0.1) is 24.8 Å². The fraction of sp³-hybridized carbons (Fsp3) is 0.600. The third-order valence-electron chi connectivity index (χ3n) is 3.97. The summed E-state index contributed by atoms with van der Waals surface area (Å²) >= 11 is 0. The van der Waals surface area contributed by atoms with Crippen molar-refractivity contribution in [3.05, 3.63) is 18.3 Å². The predicted octanol–water partition coefficient (Wildman–Crippen LogP) is 1.95. The number of amides is 1. The van der Waals surface area contributed by atoms with Gasteiger partial charge in [0.2, 0.25) is 5.91 Å². The highest BCUT2D eigenvalue weighted by atomic mass is 35.5. The van der Waals surface area contributed by atoms with Crippen molar-refractivity contribution in [3.63, 3.8) is 0 Å². The summed E-state index contributed by atoms with van der Waals surface area (Å²) in [7, 11) is 5.55. The highest BCUT2D eigenvalue weighted by Crippen LogP contribution is 2.30. The Morgan fingerprint density at radius 3 is 2.48 bits per heavy atom. The molecule has 0 saturated carbocycles. The molecule has 1 aromatic rings. The minimum Gasteiger partial charge on any atom is -0.384 e. The molecule has 1 fully saturated rings. The van der Waals surface area contributed by atoms with E-state index in [0.717, 1.165) is 31.6 Å². The molecule has 0 bridgehead atoms. The molecule has 1 saturated heterocycles. The second-order valence-corrected chi connectivity index (χ2v) is 5.71. The van der Waals surface area contributed by atoms with Gasteiger partial charge >= 0.3 is 0 Å². The van der Waals surface area contributed by atoms with Gasteiger partial charge in [-0.05, 0) is 38.1 Å². The van der Waals surface area contributed by atoms with Gasteiger partial charge in [-0.1, -0.05) is 0 Å². The second kappa shape index (κ2) is 9.93. The average Bonchev–Trinajstić information content (AvgIpc) is 2.49. The number of nitrogens with one attached hydrogen (secondary N) is 2. The van der Waals surface area contributed by atoms with Crippen LogP contribution in [0.1, 0.15) is 12.8 Å². The quantitative estimate of drug-likeness (QED) is 0.835. The fourth-order valence-corrected chi connectivity index (χ4v) is 2.59. The summed E-state index contributed by atoms with van der Waals surface area (Å²) in [6, 6.07) is 3.77. The van der Waals surface area contributed by atoms with E-state index < -0.39 is 5.41 Å². The van der Waals surface area contributed by atoms with Crippen molar-refractivity contribution < 1.29 is 9.53 Å². The largest absolute Gasteiger partial charge is 0.384 e. The van der Waals surface area contributed by atoms with E-state index in [2.05, 4.69) is 15.6 Å². The average molecular weight is 365 g/mol. The lowest BCUT2D eigenvalue weighted by Gasteiger charge is -2.35. The van der Waals surface area contributed by atoms with Gasteiger partial charge < -0.3 is 20.3 Å². The lowest BCUT2D eigenvalue weighted by Crippen LogP contribution is -2.47. The summed E-state index contributed by atoms with van der Waals surface area (Å²) in [5.41, 5.74) is 0.545. The van der Waals surface area contributed by atoms with Crippen molar-refractivity contribution in [2.45, 2.75) is 12.8 Å². The van der Waals surface area contributed by atoms with Gasteiger partial charge in [-0.3, -0.25) is 4.79 Å². The van der Waals surface area contributed by atoms with Crippen LogP contribution in [0.3, 0.4) is 0 Å². The summed E-state index contributed by atoms with van der Waals surface area (Å²) in [6.07, 6.45) is 3.31. The zero-order valence-electron chi connectivity index (χ0n) is 13.8. The Labute approximate surface area is 150 Å². The van der Waals surface area contributed by atoms with E-state index in [1.54, 1.807) is 13.3 Å². The maximum atomic E-state index is 12.6. The van der Waals surface area contributed by atoms with E-state index in [1.165, 1.54) is 0 Å². The SMILES string of the molecule is COCC1(C(=O)Nc2ccc(N(C)C)cn2)CCNCC1.Cl.Cl. The van der Waals surface area contributed by atoms with Gasteiger partial charge in [0, 0.05) is 21.2 Å². The molecule has 0 aliphatic carbocycles. The Kier molecular flexibility index (Phi) is 9.46. The number of piperidine rings is 1. The molecule has 1 aromatic heterocycles. The third-order valence-corrected chi connectivity index (χ3v) is 3.97. The Morgan fingerprint density at radius 2 is 2.00 bits per heavy atom. The van der Waals surface area contributed by atoms with E-state index in [-0.39, 0.29) is 30.7 Å². The smallest absolute Gasteiger partial charge is 0.234 e. The first-order valence-electron chi connectivity index (χ1n) is 7.22. The van der Waals surface area contributed by atoms with Crippen LogP contribution in [-0.4, -0.2) is 51.8 Å². The number of carbonyl (C=O) groups excluding carboxylic acids is 1. The molecule has 23 heavy (non-hydrogen) atoms. The molecule has 1 amide bonds. The standard InChI is InChI=1S/C15H24N4O2.2ClH/c1-19(2)12-4-5-13(17-10-12)18-14(20)15(11-21-3)6-8-16-9-7-15;;/h4-5,10,16H,6-9,11H2,1-3H3,(H,17,18,20);2*1H. The molecule has 0 atom stereocenters. The van der Waals surface area contributed by atoms with Gasteiger partial charge in [0.1, 0.15) is 5.82 Å². The number of carbonyl (C=O) groups is 1. The van der Waals surface area contributed by atoms with E-state index in [9.17, 15) is 4.79 Å². The van der Waals surface area contributed by atoms with Crippen molar-refractivity contribution in [1.82, 2.24) is 10.3 Å². The minimum absolute atomic E-state index is 0. The number of pyridine rings is 1. The van der Waals surface area contributed by atoms with Crippen LogP contribution < -0.4 is 15.5 Å². The van der Waals surface area contributed by atoms with Crippen molar-refractivity contribution in [3.8, 4) is 0 Å². The van der Waals surface area contributed by atoms with Crippen LogP contribution in [-0.2, 0) is 9.53 Å². The van der Waals surface area contributed by atoms with Crippen LogP contribution in [0.4, 0.5) is 11.5 Å². The number of hydrogen-bond donors (Lipinski definition) is 2. The molecule has 1 aliphatic heterocycles. The molecular weight excluding hydrogens is 339 g/mol. The fourth-order valence-electron chi connectivity index (χ4n) is 2.59. The molecule has 6 nitrogen and oxygen atoms in total. The maximum Gasteiger partial charge on any atom is 0.234 e. The summed E-state index contributed by atoms with van der Waals surface area (Å²) in [5.74, 6) is 0.579. The minimum atomic E-state index is -0.456. The van der Waals surface area contributed by atoms with Crippen LogP contribution in [0, 0.1) is 5.41 Å². The van der Waals surface area contributed by atoms with E-state index in [1.807, 2.05) is 31.1 Å². The number of ether oxygens (including phenoxy) is 1. The number of aromatic nitrogens is 1. The zero-order valence-corrected chi connectivity index (χ0v) is 15.4. The topological polar surface area (TPSA) is 66.5 Å². The zero-order chi connectivity index (χ0) is 15.3. The van der Waals surface area contributed by atoms with Crippen LogP contribution >= 0.6 is 24.8 Å². The Morgan fingerprint density at radius 1 is 1.35 bits per heavy atom. The predicted molar refractivity (Wildman–Crippen MR) is 98.1 cm³/mol. The molecule has 1 aliphatic rings. The van der Waals surface area contributed by atoms with Crippen molar-refractivity contribution in [2.24, 2.45) is 5.41 Å². The van der Waals surface area contributed by atoms with Gasteiger partial charge in [0.25, 0.3) is 0 Å². The third kappa shape index (κ3) is 5.49. The Bertz CT molecular complexity index is 471. The monoisotopic (exact) mass is 364 g/mol. The lowest BCUT2D eigenvalue weighted by atomic mass is 9.78. The summed E-state index contributed by atoms with van der Waals surface area (Å²) in [5, 5.41) is 6.21. The summed E-state index contributed by atoms with van der Waals surface area (Å²) in [4.78, 5) is 18.9. The Balaban J connectivity index is 0.00000242. The number of rotatable bonds is 5. The summed E-state index contributed by atoms with van der Waals surface area (Å²) < 4.78 is 5.28. The van der Waals surface area contributed by atoms with Crippen LogP contribution in [0.2, 0.25) is 0 Å². The first-order valence-corrected chi connectivity index (χ1v) is 7.22. The van der Waals surface area contributed by atoms with Crippen molar-refractivity contribution in [2.75, 3.05) is 51.1 Å². The van der Waals surface area contributed by atoms with Crippen molar-refractivity contribution >= 4 is 42.2 Å². The van der Waals surface area contributed by atoms with E-state index in [4.69, 9.17) is 4.74 Å². The molecule has 132 valence electrons. The van der Waals surface area contributed by atoms with Gasteiger partial charge in [0.15, 0.2) is 0 Å². The van der Waals surface area contributed by atoms with Crippen LogP contribution in [0.5, 0.6) is 0 Å². The second-order valence-electron chi connectivity index (χ2n) is 5.71. The van der Waals surface area contributed by atoms with Gasteiger partial charge in [-0.25, -0.2) is 4.98 Å². The number of methoxy groups -OCH3 is 1. The number of hydrogen-bond acceptors (Lipinski definition) is 5. The normalized spacial score (nSPS) is 15.8. The first-order chi connectivity index (χ1) is 10.1. The number of halogens is 2. The maximum absolute atomic E-state index is 12.6. The van der Waals surface area contributed by atoms with Crippen LogP contribution in [0.25, 0.3) is 0 Å². The molecule has 2 N–H and O–H groups in total. The molecule has 0 radical (unpaired) electrons. The van der Waals surface area contributed by atoms with E-state index in [0.29, 0.717) is 12.4 Å². The number of anilines is 2. The first kappa shape index (κ1) is 21.9. The molecule has 0 unspecified atom stereocenters. The number of nitrogens with zero attached hydrogens (tertiary/aromatic N) is 2. The highest BCUT2D eigenvalue weighted by Gasteiger charge is 2.39. The molecule has 8 heteroatoms. The molecule has 0 aromatic carbocycles. The van der Waals surface area contributed by atoms with Gasteiger partial charge in [-0.2, -0.15) is 0 Å². The van der Waals surface area contributed by atoms with E-state index >= 15 is 0 Å². The lowest BCUT2D eigenvalue weighted by molar-refractivity contribution is -0.130. The molecule has 2 heterocycles. The molecular formula is C15H26Cl2N4O2. The Hall–Kier alpha value is -1.08. The van der Waals surface area contributed by atoms with Gasteiger partial charge in [0.05, 0.1) is 23.9 Å². The van der Waals surface area contributed by atoms with Crippen molar-refractivity contribution in [1.29, 1.82) is 0 Å². The highest BCUT2D eigenvalue weighted by molar-refractivity contribution is 5.94. The summed E-state index contributed by atoms with van der Waals surface area (Å²) in [6.45, 7) is 2.11. The molecule has 2 rings (SSSR count). The van der Waals surface area contributed by atoms with Crippen LogP contribution in [0.15, 0.2) is 18.3 Å².